The molecule has 1 N–H and O–H groups in total. The Morgan fingerprint density at radius 1 is 1.04 bits per heavy atom. The Bertz CT molecular complexity index is 907. The first kappa shape index (κ1) is 18.6. The standard InChI is InChI=1S/C22H24N4O/c1-4-26(15-18-8-6-5-7-9-18)22-23-16(2)14-21(25-22)24-20-12-10-19(11-13-20)17(3)27/h5-14H,4,15H2,1-3H3,(H,23,24,25). The van der Waals surface area contributed by atoms with Crippen molar-refractivity contribution in [1.29, 1.82) is 0 Å². The van der Waals surface area contributed by atoms with Crippen LogP contribution in [0.25, 0.3) is 0 Å². The van der Waals surface area contributed by atoms with Crippen molar-refractivity contribution in [3.05, 3.63) is 77.5 Å². The molecule has 5 heteroatoms. The van der Waals surface area contributed by atoms with Crippen molar-refractivity contribution in [3.8, 4) is 0 Å². The number of nitrogens with one attached hydrogen (secondary N) is 1. The van der Waals surface area contributed by atoms with E-state index in [4.69, 9.17) is 4.98 Å². The van der Waals surface area contributed by atoms with E-state index in [0.717, 1.165) is 30.3 Å². The molecule has 0 atom stereocenters. The molecule has 0 spiro atoms. The van der Waals surface area contributed by atoms with E-state index in [9.17, 15) is 4.79 Å². The maximum atomic E-state index is 11.4. The number of hydrogen-bond donors (Lipinski definition) is 1. The largest absolute Gasteiger partial charge is 0.340 e. The molecule has 0 amide bonds. The smallest absolute Gasteiger partial charge is 0.227 e. The number of anilines is 3. The zero-order chi connectivity index (χ0) is 19.2. The highest BCUT2D eigenvalue weighted by molar-refractivity contribution is 5.94. The first-order valence-electron chi connectivity index (χ1n) is 9.07. The summed E-state index contributed by atoms with van der Waals surface area (Å²) < 4.78 is 0. The van der Waals surface area contributed by atoms with E-state index in [2.05, 4.69) is 34.3 Å². The maximum Gasteiger partial charge on any atom is 0.227 e. The van der Waals surface area contributed by atoms with Crippen molar-refractivity contribution < 1.29 is 4.79 Å². The Kier molecular flexibility index (Phi) is 5.81. The van der Waals surface area contributed by atoms with Crippen molar-refractivity contribution in [2.24, 2.45) is 0 Å². The van der Waals surface area contributed by atoms with E-state index in [1.165, 1.54) is 5.56 Å². The highest BCUT2D eigenvalue weighted by atomic mass is 16.1. The van der Waals surface area contributed by atoms with Gasteiger partial charge in [0.25, 0.3) is 0 Å². The van der Waals surface area contributed by atoms with Gasteiger partial charge in [-0.2, -0.15) is 4.98 Å². The van der Waals surface area contributed by atoms with Crippen molar-refractivity contribution in [1.82, 2.24) is 9.97 Å². The molecule has 0 radical (unpaired) electrons. The molecular weight excluding hydrogens is 336 g/mol. The fraction of sp³-hybridized carbons (Fsp3) is 0.227. The van der Waals surface area contributed by atoms with Gasteiger partial charge in [-0.3, -0.25) is 4.79 Å². The van der Waals surface area contributed by atoms with Crippen LogP contribution in [0.1, 0.15) is 35.5 Å². The number of carbonyl (C=O) groups excluding carboxylic acids is 1. The zero-order valence-corrected chi connectivity index (χ0v) is 15.9. The number of aryl methyl sites for hydroxylation is 1. The summed E-state index contributed by atoms with van der Waals surface area (Å²) in [5.41, 5.74) is 3.70. The average molecular weight is 360 g/mol. The van der Waals surface area contributed by atoms with Gasteiger partial charge in [-0.15, -0.1) is 0 Å². The molecule has 3 rings (SSSR count). The van der Waals surface area contributed by atoms with Gasteiger partial charge in [0.15, 0.2) is 5.78 Å². The second-order valence-electron chi connectivity index (χ2n) is 6.45. The Hall–Kier alpha value is -3.21. The molecule has 0 aliphatic heterocycles. The van der Waals surface area contributed by atoms with E-state index in [1.54, 1.807) is 6.92 Å². The van der Waals surface area contributed by atoms with Crippen LogP contribution in [0.4, 0.5) is 17.5 Å². The number of rotatable bonds is 7. The molecule has 3 aromatic rings. The minimum atomic E-state index is 0.0567. The minimum Gasteiger partial charge on any atom is -0.340 e. The first-order chi connectivity index (χ1) is 13.0. The van der Waals surface area contributed by atoms with Gasteiger partial charge < -0.3 is 10.2 Å². The van der Waals surface area contributed by atoms with E-state index in [-0.39, 0.29) is 5.78 Å². The second kappa shape index (κ2) is 8.45. The summed E-state index contributed by atoms with van der Waals surface area (Å²) >= 11 is 0. The molecule has 5 nitrogen and oxygen atoms in total. The van der Waals surface area contributed by atoms with E-state index >= 15 is 0 Å². The summed E-state index contributed by atoms with van der Waals surface area (Å²) in [5.74, 6) is 1.49. The molecule has 138 valence electrons. The highest BCUT2D eigenvalue weighted by Gasteiger charge is 2.11. The lowest BCUT2D eigenvalue weighted by Crippen LogP contribution is -2.24. The fourth-order valence-corrected chi connectivity index (χ4v) is 2.82. The number of carbonyl (C=O) groups is 1. The minimum absolute atomic E-state index is 0.0567. The van der Waals surface area contributed by atoms with Gasteiger partial charge in [-0.1, -0.05) is 30.3 Å². The number of hydrogen-bond acceptors (Lipinski definition) is 5. The molecule has 0 fully saturated rings. The maximum absolute atomic E-state index is 11.4. The Balaban J connectivity index is 1.81. The van der Waals surface area contributed by atoms with Crippen molar-refractivity contribution >= 4 is 23.2 Å². The molecule has 0 aliphatic carbocycles. The van der Waals surface area contributed by atoms with Crippen LogP contribution in [0.5, 0.6) is 0 Å². The van der Waals surface area contributed by atoms with Crippen LogP contribution >= 0.6 is 0 Å². The van der Waals surface area contributed by atoms with E-state index in [1.807, 2.05) is 55.5 Å². The van der Waals surface area contributed by atoms with Crippen molar-refractivity contribution in [3.63, 3.8) is 0 Å². The Morgan fingerprint density at radius 2 is 1.74 bits per heavy atom. The summed E-state index contributed by atoms with van der Waals surface area (Å²) in [4.78, 5) is 22.9. The van der Waals surface area contributed by atoms with Crippen LogP contribution in [-0.2, 0) is 6.54 Å². The summed E-state index contributed by atoms with van der Waals surface area (Å²) in [5, 5.41) is 3.31. The molecule has 2 aromatic carbocycles. The third-order valence-corrected chi connectivity index (χ3v) is 4.29. The predicted octanol–water partition coefficient (Wildman–Crippen LogP) is 4.76. The lowest BCUT2D eigenvalue weighted by atomic mass is 10.1. The average Bonchev–Trinajstić information content (AvgIpc) is 2.67. The summed E-state index contributed by atoms with van der Waals surface area (Å²) in [6, 6.07) is 19.6. The van der Waals surface area contributed by atoms with Gasteiger partial charge in [0.2, 0.25) is 5.95 Å². The number of benzene rings is 2. The molecule has 0 aliphatic rings. The SMILES string of the molecule is CCN(Cc1ccccc1)c1nc(C)cc(Nc2ccc(C(C)=O)cc2)n1. The predicted molar refractivity (Wildman–Crippen MR) is 110 cm³/mol. The van der Waals surface area contributed by atoms with Crippen LogP contribution in [0, 0.1) is 6.92 Å². The molecular formula is C22H24N4O. The normalized spacial score (nSPS) is 10.5. The number of aromatic nitrogens is 2. The van der Waals surface area contributed by atoms with Crippen LogP contribution in [0.2, 0.25) is 0 Å². The first-order valence-corrected chi connectivity index (χ1v) is 9.07. The number of nitrogens with zero attached hydrogens (tertiary/aromatic N) is 3. The number of ketones is 1. The quantitative estimate of drug-likeness (QED) is 0.616. The third-order valence-electron chi connectivity index (χ3n) is 4.29. The Labute approximate surface area is 160 Å². The number of Topliss-reactive ketones (excluding diaryl/α,β-unsaturated/α-hetero) is 1. The summed E-state index contributed by atoms with van der Waals surface area (Å²) in [7, 11) is 0. The van der Waals surface area contributed by atoms with Gasteiger partial charge in [0, 0.05) is 36.1 Å². The van der Waals surface area contributed by atoms with Gasteiger partial charge in [0.1, 0.15) is 5.82 Å². The topological polar surface area (TPSA) is 58.1 Å². The lowest BCUT2D eigenvalue weighted by Gasteiger charge is -2.22. The Morgan fingerprint density at radius 3 is 2.37 bits per heavy atom. The van der Waals surface area contributed by atoms with E-state index < -0.39 is 0 Å². The molecule has 0 unspecified atom stereocenters. The van der Waals surface area contributed by atoms with Crippen LogP contribution in [-0.4, -0.2) is 22.3 Å². The molecule has 0 saturated carbocycles. The highest BCUT2D eigenvalue weighted by Crippen LogP contribution is 2.20. The lowest BCUT2D eigenvalue weighted by molar-refractivity contribution is 0.101. The van der Waals surface area contributed by atoms with E-state index in [0.29, 0.717) is 11.5 Å². The van der Waals surface area contributed by atoms with Gasteiger partial charge in [-0.25, -0.2) is 4.98 Å². The summed E-state index contributed by atoms with van der Waals surface area (Å²) in [6.07, 6.45) is 0. The fourth-order valence-electron chi connectivity index (χ4n) is 2.82. The zero-order valence-electron chi connectivity index (χ0n) is 15.9. The molecule has 0 saturated heterocycles. The van der Waals surface area contributed by atoms with Crippen LogP contribution in [0.15, 0.2) is 60.7 Å². The summed E-state index contributed by atoms with van der Waals surface area (Å²) in [6.45, 7) is 7.20. The van der Waals surface area contributed by atoms with Crippen LogP contribution in [0.3, 0.4) is 0 Å². The van der Waals surface area contributed by atoms with Crippen molar-refractivity contribution in [2.75, 3.05) is 16.8 Å². The van der Waals surface area contributed by atoms with Gasteiger partial charge >= 0.3 is 0 Å². The molecule has 1 aromatic heterocycles. The molecule has 0 bridgehead atoms. The molecule has 27 heavy (non-hydrogen) atoms. The monoisotopic (exact) mass is 360 g/mol. The van der Waals surface area contributed by atoms with Gasteiger partial charge in [0.05, 0.1) is 0 Å². The molecule has 1 heterocycles. The second-order valence-corrected chi connectivity index (χ2v) is 6.45. The van der Waals surface area contributed by atoms with Crippen LogP contribution < -0.4 is 10.2 Å². The van der Waals surface area contributed by atoms with Crippen molar-refractivity contribution in [2.45, 2.75) is 27.3 Å². The third kappa shape index (κ3) is 4.91. The van der Waals surface area contributed by atoms with Gasteiger partial charge in [-0.05, 0) is 50.6 Å².